The zero-order valence-electron chi connectivity index (χ0n) is 15.7. The van der Waals surface area contributed by atoms with Crippen molar-refractivity contribution in [3.05, 3.63) is 59.5 Å². The minimum atomic E-state index is -0.789. The molecule has 0 saturated heterocycles. The normalized spacial score (nSPS) is 11.3. The van der Waals surface area contributed by atoms with Gasteiger partial charge in [-0.2, -0.15) is 0 Å². The zero-order valence-corrected chi connectivity index (χ0v) is 15.7. The minimum Gasteiger partial charge on any atom is -0.454 e. The lowest BCUT2D eigenvalue weighted by Gasteiger charge is -2.13. The highest BCUT2D eigenvalue weighted by Crippen LogP contribution is 2.34. The van der Waals surface area contributed by atoms with Crippen molar-refractivity contribution in [1.29, 1.82) is 0 Å². The molecule has 1 amide bonds. The Balaban J connectivity index is 1.92. The Morgan fingerprint density at radius 3 is 2.56 bits per heavy atom. The second-order valence-electron chi connectivity index (χ2n) is 7.23. The van der Waals surface area contributed by atoms with Crippen LogP contribution in [-0.2, 0) is 5.41 Å². The van der Waals surface area contributed by atoms with Crippen molar-refractivity contribution >= 4 is 17.5 Å². The maximum Gasteiger partial charge on any atom is 0.269 e. The standard InChI is InChI=1S/C20H21N4O3/c1-12-5-7-14(11-22-12)26-16-9-13(19(21)25)6-8-15(16)23-18-10-17(24-27-18)20(2,3)4/h5-11,21,23H,1-4H3. The monoisotopic (exact) mass is 365 g/mol. The maximum absolute atomic E-state index is 11.4. The summed E-state index contributed by atoms with van der Waals surface area (Å²) in [6.07, 6.45) is 1.60. The lowest BCUT2D eigenvalue weighted by molar-refractivity contribution is 0.0992. The Bertz CT molecular complexity index is 956. The number of carbonyl (C=O) groups excluding carboxylic acids is 1. The average molecular weight is 365 g/mol. The van der Waals surface area contributed by atoms with Crippen LogP contribution >= 0.6 is 0 Å². The largest absolute Gasteiger partial charge is 0.454 e. The van der Waals surface area contributed by atoms with Crippen molar-refractivity contribution in [1.82, 2.24) is 15.9 Å². The van der Waals surface area contributed by atoms with Crippen LogP contribution in [0.15, 0.2) is 47.1 Å². The number of carbonyl (C=O) groups is 1. The molecular weight excluding hydrogens is 344 g/mol. The summed E-state index contributed by atoms with van der Waals surface area (Å²) >= 11 is 0. The first kappa shape index (κ1) is 18.4. The molecule has 27 heavy (non-hydrogen) atoms. The fraction of sp³-hybridized carbons (Fsp3) is 0.250. The Kier molecular flexibility index (Phi) is 4.85. The number of ether oxygens (including phenoxy) is 1. The van der Waals surface area contributed by atoms with Gasteiger partial charge in [-0.15, -0.1) is 0 Å². The van der Waals surface area contributed by atoms with Gasteiger partial charge in [0.05, 0.1) is 17.6 Å². The molecule has 0 fully saturated rings. The summed E-state index contributed by atoms with van der Waals surface area (Å²) < 4.78 is 11.2. The van der Waals surface area contributed by atoms with E-state index in [4.69, 9.17) is 15.0 Å². The molecule has 0 spiro atoms. The van der Waals surface area contributed by atoms with E-state index in [1.165, 1.54) is 6.07 Å². The van der Waals surface area contributed by atoms with Gasteiger partial charge in [-0.25, -0.2) is 0 Å². The van der Waals surface area contributed by atoms with Crippen molar-refractivity contribution in [3.63, 3.8) is 0 Å². The van der Waals surface area contributed by atoms with Crippen molar-refractivity contribution in [2.75, 3.05) is 5.32 Å². The van der Waals surface area contributed by atoms with Gasteiger partial charge in [0.2, 0.25) is 5.88 Å². The number of hydrogen-bond acceptors (Lipinski definition) is 6. The highest BCUT2D eigenvalue weighted by molar-refractivity contribution is 5.93. The molecule has 0 unspecified atom stereocenters. The van der Waals surface area contributed by atoms with Crippen molar-refractivity contribution in [2.45, 2.75) is 33.1 Å². The molecule has 2 heterocycles. The van der Waals surface area contributed by atoms with Gasteiger partial charge in [0.1, 0.15) is 5.75 Å². The van der Waals surface area contributed by atoms with Crippen LogP contribution in [0.3, 0.4) is 0 Å². The molecule has 2 aromatic heterocycles. The van der Waals surface area contributed by atoms with Gasteiger partial charge in [0.25, 0.3) is 5.91 Å². The molecule has 0 saturated carbocycles. The quantitative estimate of drug-likeness (QED) is 0.707. The Labute approximate surface area is 157 Å². The van der Waals surface area contributed by atoms with Crippen molar-refractivity contribution in [3.8, 4) is 11.5 Å². The summed E-state index contributed by atoms with van der Waals surface area (Å²) in [7, 11) is 0. The summed E-state index contributed by atoms with van der Waals surface area (Å²) in [4.78, 5) is 15.6. The van der Waals surface area contributed by atoms with Crippen LogP contribution in [0.25, 0.3) is 0 Å². The number of amides is 1. The SMILES string of the molecule is Cc1ccc(Oc2cc(C([NH])=O)ccc2Nc2cc(C(C)(C)C)no2)cn1. The van der Waals surface area contributed by atoms with E-state index in [2.05, 4.69) is 15.5 Å². The number of benzene rings is 1. The highest BCUT2D eigenvalue weighted by Gasteiger charge is 2.20. The third-order valence-electron chi connectivity index (χ3n) is 3.89. The lowest BCUT2D eigenvalue weighted by Crippen LogP contribution is -2.10. The molecule has 139 valence electrons. The summed E-state index contributed by atoms with van der Waals surface area (Å²) in [6.45, 7) is 8.01. The third kappa shape index (κ3) is 4.44. The first-order valence-electron chi connectivity index (χ1n) is 8.47. The van der Waals surface area contributed by atoms with Crippen LogP contribution in [0.1, 0.15) is 42.5 Å². The second kappa shape index (κ2) is 7.11. The molecule has 2 N–H and O–H groups in total. The van der Waals surface area contributed by atoms with Gasteiger partial charge in [0, 0.05) is 22.7 Å². The predicted molar refractivity (Wildman–Crippen MR) is 101 cm³/mol. The summed E-state index contributed by atoms with van der Waals surface area (Å²) in [5.41, 5.74) is 9.68. The van der Waals surface area contributed by atoms with Gasteiger partial charge >= 0.3 is 0 Å². The van der Waals surface area contributed by atoms with E-state index in [0.29, 0.717) is 23.1 Å². The van der Waals surface area contributed by atoms with Gasteiger partial charge in [0.15, 0.2) is 5.75 Å². The van der Waals surface area contributed by atoms with E-state index >= 15 is 0 Å². The number of rotatable bonds is 5. The number of nitrogens with zero attached hydrogens (tertiary/aromatic N) is 2. The minimum absolute atomic E-state index is 0.141. The second-order valence-corrected chi connectivity index (χ2v) is 7.23. The zero-order chi connectivity index (χ0) is 19.6. The smallest absolute Gasteiger partial charge is 0.269 e. The van der Waals surface area contributed by atoms with Gasteiger partial charge in [-0.05, 0) is 37.3 Å². The molecule has 0 atom stereocenters. The van der Waals surface area contributed by atoms with E-state index in [-0.39, 0.29) is 11.0 Å². The van der Waals surface area contributed by atoms with E-state index in [9.17, 15) is 4.79 Å². The van der Waals surface area contributed by atoms with Gasteiger partial charge in [-0.3, -0.25) is 15.5 Å². The number of hydrogen-bond donors (Lipinski definition) is 1. The van der Waals surface area contributed by atoms with Crippen LogP contribution in [-0.4, -0.2) is 16.0 Å². The van der Waals surface area contributed by atoms with Gasteiger partial charge < -0.3 is 14.6 Å². The van der Waals surface area contributed by atoms with Gasteiger partial charge in [-0.1, -0.05) is 25.9 Å². The topological polar surface area (TPSA) is 101 Å². The van der Waals surface area contributed by atoms with E-state index in [1.807, 2.05) is 39.8 Å². The Morgan fingerprint density at radius 1 is 1.19 bits per heavy atom. The van der Waals surface area contributed by atoms with Crippen LogP contribution in [0.2, 0.25) is 0 Å². The Morgan fingerprint density at radius 2 is 1.96 bits per heavy atom. The molecular formula is C20H21N4O3. The third-order valence-corrected chi connectivity index (χ3v) is 3.89. The molecule has 1 aromatic carbocycles. The van der Waals surface area contributed by atoms with E-state index in [1.54, 1.807) is 24.4 Å². The number of aryl methyl sites for hydroxylation is 1. The molecule has 0 aliphatic carbocycles. The molecule has 0 aliphatic rings. The number of aromatic nitrogens is 2. The summed E-state index contributed by atoms with van der Waals surface area (Å²) in [5, 5.41) is 7.20. The highest BCUT2D eigenvalue weighted by atomic mass is 16.5. The van der Waals surface area contributed by atoms with Crippen LogP contribution in [0.5, 0.6) is 11.5 Å². The van der Waals surface area contributed by atoms with Crippen LogP contribution in [0, 0.1) is 6.92 Å². The number of anilines is 2. The number of pyridine rings is 1. The summed E-state index contributed by atoms with van der Waals surface area (Å²) in [5.74, 6) is 0.568. The fourth-order valence-electron chi connectivity index (χ4n) is 2.31. The predicted octanol–water partition coefficient (Wildman–Crippen LogP) is 4.63. The molecule has 3 rings (SSSR count). The molecule has 7 nitrogen and oxygen atoms in total. The molecule has 0 aliphatic heterocycles. The molecule has 0 bridgehead atoms. The molecule has 3 aromatic rings. The lowest BCUT2D eigenvalue weighted by atomic mass is 9.92. The van der Waals surface area contributed by atoms with E-state index in [0.717, 1.165) is 11.4 Å². The first-order valence-corrected chi connectivity index (χ1v) is 8.47. The molecule has 1 radical (unpaired) electrons. The average Bonchev–Trinajstić information content (AvgIpc) is 3.07. The molecule has 7 heteroatoms. The van der Waals surface area contributed by atoms with Crippen molar-refractivity contribution in [2.24, 2.45) is 0 Å². The van der Waals surface area contributed by atoms with Crippen LogP contribution in [0.4, 0.5) is 11.6 Å². The summed E-state index contributed by atoms with van der Waals surface area (Å²) in [6, 6.07) is 10.2. The Hall–Kier alpha value is -3.35. The maximum atomic E-state index is 11.4. The fourth-order valence-corrected chi connectivity index (χ4v) is 2.31. The first-order chi connectivity index (χ1) is 12.7. The van der Waals surface area contributed by atoms with E-state index < -0.39 is 5.91 Å². The number of nitrogens with one attached hydrogen (secondary N) is 2. The van der Waals surface area contributed by atoms with Crippen molar-refractivity contribution < 1.29 is 14.1 Å². The van der Waals surface area contributed by atoms with Crippen LogP contribution < -0.4 is 15.8 Å².